The van der Waals surface area contributed by atoms with E-state index in [1.165, 1.54) is 6.08 Å². The molecule has 2 aliphatic rings. The second-order valence-electron chi connectivity index (χ2n) is 6.06. The van der Waals surface area contributed by atoms with Crippen LogP contribution in [0.1, 0.15) is 29.3 Å². The van der Waals surface area contributed by atoms with Crippen molar-refractivity contribution < 1.29 is 29.3 Å². The van der Waals surface area contributed by atoms with E-state index < -0.39 is 17.8 Å². The molecule has 6 nitrogen and oxygen atoms in total. The van der Waals surface area contributed by atoms with Gasteiger partial charge in [0, 0.05) is 18.9 Å². The van der Waals surface area contributed by atoms with Gasteiger partial charge in [0.2, 0.25) is 0 Å². The van der Waals surface area contributed by atoms with Crippen LogP contribution in [0.25, 0.3) is 0 Å². The predicted octanol–water partition coefficient (Wildman–Crippen LogP) is 2.80. The molecule has 2 N–H and O–H groups in total. The standard InChI is InChI=1S/C18H17BrO6/c1-9-6-15-14(25-15)5-3-2-4-10(20)7-11-16(18(23)24-9)12(21)8-13(22)17(11)19/h2-5,8-9,14-15,21-22H,6-7H2,1H3/b4-2+,5-3-/t9-,14-,15+/m1/s1. The fourth-order valence-electron chi connectivity index (χ4n) is 2.78. The number of halogens is 1. The Bertz CT molecular complexity index is 782. The number of phenols is 2. The molecule has 7 heteroatoms. The molecule has 0 spiro atoms. The van der Waals surface area contributed by atoms with Gasteiger partial charge in [-0.25, -0.2) is 4.79 Å². The van der Waals surface area contributed by atoms with E-state index in [1.54, 1.807) is 19.1 Å². The van der Waals surface area contributed by atoms with E-state index in [-0.39, 0.29) is 45.8 Å². The highest BCUT2D eigenvalue weighted by atomic mass is 79.9. The first-order chi connectivity index (χ1) is 11.9. The molecule has 25 heavy (non-hydrogen) atoms. The third kappa shape index (κ3) is 3.93. The normalized spacial score (nSPS) is 29.0. The molecule has 0 saturated carbocycles. The summed E-state index contributed by atoms with van der Waals surface area (Å²) in [7, 11) is 0. The largest absolute Gasteiger partial charge is 0.507 e. The van der Waals surface area contributed by atoms with Gasteiger partial charge in [-0.15, -0.1) is 0 Å². The highest BCUT2D eigenvalue weighted by molar-refractivity contribution is 9.10. The van der Waals surface area contributed by atoms with Gasteiger partial charge < -0.3 is 19.7 Å². The lowest BCUT2D eigenvalue weighted by atomic mass is 10.00. The molecule has 1 aromatic carbocycles. The van der Waals surface area contributed by atoms with Gasteiger partial charge in [0.15, 0.2) is 5.78 Å². The van der Waals surface area contributed by atoms with E-state index in [4.69, 9.17) is 9.47 Å². The molecule has 2 aliphatic heterocycles. The summed E-state index contributed by atoms with van der Waals surface area (Å²) in [6, 6.07) is 1.04. The van der Waals surface area contributed by atoms with Gasteiger partial charge in [0.1, 0.15) is 29.3 Å². The second-order valence-corrected chi connectivity index (χ2v) is 6.85. The number of cyclic esters (lactones) is 1. The summed E-state index contributed by atoms with van der Waals surface area (Å²) >= 11 is 3.18. The molecule has 1 fully saturated rings. The molecule has 2 heterocycles. The molecule has 1 saturated heterocycles. The number of epoxide rings is 1. The lowest BCUT2D eigenvalue weighted by Crippen LogP contribution is -2.19. The topological polar surface area (TPSA) is 96.4 Å². The molecule has 3 rings (SSSR count). The van der Waals surface area contributed by atoms with Gasteiger partial charge >= 0.3 is 5.97 Å². The summed E-state index contributed by atoms with van der Waals surface area (Å²) in [5, 5.41) is 20.0. The van der Waals surface area contributed by atoms with E-state index in [9.17, 15) is 19.8 Å². The average molecular weight is 409 g/mol. The molecule has 0 aliphatic carbocycles. The number of fused-ring (bicyclic) bond motifs is 2. The van der Waals surface area contributed by atoms with Gasteiger partial charge in [0.05, 0.1) is 10.6 Å². The zero-order chi connectivity index (χ0) is 18.1. The fraction of sp³-hybridized carbons (Fsp3) is 0.333. The summed E-state index contributed by atoms with van der Waals surface area (Å²) in [6.45, 7) is 1.74. The van der Waals surface area contributed by atoms with Crippen molar-refractivity contribution in [2.24, 2.45) is 0 Å². The first-order valence-corrected chi connectivity index (χ1v) is 8.63. The van der Waals surface area contributed by atoms with Crippen LogP contribution in [-0.2, 0) is 20.7 Å². The van der Waals surface area contributed by atoms with Crippen molar-refractivity contribution in [3.8, 4) is 11.5 Å². The monoisotopic (exact) mass is 408 g/mol. The summed E-state index contributed by atoms with van der Waals surface area (Å²) in [5.74, 6) is -1.73. The molecule has 0 bridgehead atoms. The first kappa shape index (κ1) is 17.7. The van der Waals surface area contributed by atoms with Crippen LogP contribution >= 0.6 is 15.9 Å². The summed E-state index contributed by atoms with van der Waals surface area (Å²) < 4.78 is 11.0. The van der Waals surface area contributed by atoms with Gasteiger partial charge in [0.25, 0.3) is 0 Å². The zero-order valence-electron chi connectivity index (χ0n) is 13.4. The number of carbonyl (C=O) groups is 2. The highest BCUT2D eigenvalue weighted by Gasteiger charge is 2.38. The van der Waals surface area contributed by atoms with E-state index >= 15 is 0 Å². The van der Waals surface area contributed by atoms with E-state index in [1.807, 2.05) is 6.08 Å². The lowest BCUT2D eigenvalue weighted by Gasteiger charge is -2.16. The smallest absolute Gasteiger partial charge is 0.342 e. The number of allylic oxidation sites excluding steroid dienone is 3. The molecule has 0 radical (unpaired) electrons. The van der Waals surface area contributed by atoms with Crippen LogP contribution < -0.4 is 0 Å². The van der Waals surface area contributed by atoms with Crippen molar-refractivity contribution in [3.63, 3.8) is 0 Å². The number of benzene rings is 1. The maximum atomic E-state index is 12.5. The minimum atomic E-state index is -0.748. The molecular formula is C18H17BrO6. The Kier molecular flexibility index (Phi) is 4.96. The minimum Gasteiger partial charge on any atom is -0.507 e. The van der Waals surface area contributed by atoms with Crippen LogP contribution in [0, 0.1) is 0 Å². The number of rotatable bonds is 0. The quantitative estimate of drug-likeness (QED) is 0.506. The number of esters is 1. The second kappa shape index (κ2) is 7.01. The maximum Gasteiger partial charge on any atom is 0.342 e. The number of ketones is 1. The van der Waals surface area contributed by atoms with Gasteiger partial charge in [-0.05, 0) is 34.5 Å². The Labute approximate surface area is 152 Å². The molecule has 132 valence electrons. The van der Waals surface area contributed by atoms with Gasteiger partial charge in [-0.1, -0.05) is 18.2 Å². The van der Waals surface area contributed by atoms with E-state index in [0.29, 0.717) is 6.42 Å². The summed E-state index contributed by atoms with van der Waals surface area (Å²) in [5.41, 5.74) is 0.0603. The zero-order valence-corrected chi connectivity index (χ0v) is 15.0. The van der Waals surface area contributed by atoms with Crippen LogP contribution in [0.5, 0.6) is 11.5 Å². The Morgan fingerprint density at radius 2 is 1.96 bits per heavy atom. The number of hydrogen-bond donors (Lipinski definition) is 2. The van der Waals surface area contributed by atoms with Crippen molar-refractivity contribution in [2.45, 2.75) is 38.1 Å². The average Bonchev–Trinajstić information content (AvgIpc) is 3.25. The lowest BCUT2D eigenvalue weighted by molar-refractivity contribution is -0.114. The Balaban J connectivity index is 2.01. The number of aromatic hydroxyl groups is 2. The van der Waals surface area contributed by atoms with Crippen LogP contribution in [0.15, 0.2) is 34.8 Å². The molecule has 0 aromatic heterocycles. The molecular weight excluding hydrogens is 392 g/mol. The molecule has 3 atom stereocenters. The van der Waals surface area contributed by atoms with Crippen LogP contribution in [0.2, 0.25) is 0 Å². The van der Waals surface area contributed by atoms with Crippen molar-refractivity contribution >= 4 is 27.7 Å². The van der Waals surface area contributed by atoms with Gasteiger partial charge in [-0.2, -0.15) is 0 Å². The third-order valence-corrected chi connectivity index (χ3v) is 4.95. The van der Waals surface area contributed by atoms with Crippen LogP contribution in [0.3, 0.4) is 0 Å². The predicted molar refractivity (Wildman–Crippen MR) is 92.6 cm³/mol. The van der Waals surface area contributed by atoms with Crippen LogP contribution in [-0.4, -0.2) is 40.3 Å². The Hall–Kier alpha value is -2.12. The van der Waals surface area contributed by atoms with Crippen LogP contribution in [0.4, 0.5) is 0 Å². The molecule has 0 unspecified atom stereocenters. The molecule has 0 amide bonds. The molecule has 1 aromatic rings. The van der Waals surface area contributed by atoms with Crippen molar-refractivity contribution in [1.29, 1.82) is 0 Å². The van der Waals surface area contributed by atoms with Gasteiger partial charge in [-0.3, -0.25) is 4.79 Å². The third-order valence-electron chi connectivity index (χ3n) is 4.06. The Morgan fingerprint density at radius 3 is 2.72 bits per heavy atom. The Morgan fingerprint density at radius 1 is 1.20 bits per heavy atom. The maximum absolute atomic E-state index is 12.5. The first-order valence-electron chi connectivity index (χ1n) is 7.84. The van der Waals surface area contributed by atoms with Crippen molar-refractivity contribution in [2.75, 3.05) is 0 Å². The SMILES string of the molecule is C[C@@H]1C[C@@H]2O[C@@H]2/C=C\C=C\C(=O)Cc2c(Br)c(O)cc(O)c2C(=O)O1. The minimum absolute atomic E-state index is 0.0364. The fourth-order valence-corrected chi connectivity index (χ4v) is 3.23. The van der Waals surface area contributed by atoms with Crippen molar-refractivity contribution in [3.05, 3.63) is 46.0 Å². The van der Waals surface area contributed by atoms with E-state index in [2.05, 4.69) is 15.9 Å². The summed E-state index contributed by atoms with van der Waals surface area (Å²) in [4.78, 5) is 24.7. The number of carbonyl (C=O) groups excluding carboxylic acids is 2. The van der Waals surface area contributed by atoms with Crippen molar-refractivity contribution in [1.82, 2.24) is 0 Å². The number of ether oxygens (including phenoxy) is 2. The summed E-state index contributed by atoms with van der Waals surface area (Å²) in [6.07, 6.45) is 6.39. The number of phenolic OH excluding ortho intramolecular Hbond substituents is 2. The van der Waals surface area contributed by atoms with E-state index in [0.717, 1.165) is 6.07 Å². The number of hydrogen-bond acceptors (Lipinski definition) is 6. The highest BCUT2D eigenvalue weighted by Crippen LogP contribution is 2.38.